The number of para-hydroxylation sites is 2. The van der Waals surface area contributed by atoms with Gasteiger partial charge in [0.1, 0.15) is 5.75 Å². The fraction of sp³-hybridized carbons (Fsp3) is 0. The maximum Gasteiger partial charge on any atom is 0.310 e. The van der Waals surface area contributed by atoms with Crippen molar-refractivity contribution in [3.63, 3.8) is 0 Å². The summed E-state index contributed by atoms with van der Waals surface area (Å²) >= 11 is 0. The standard InChI is InChI=1S/2C6H5NO3.2Na/c8-6-3-1-5(2-4-6)7(9)10;8-6-4-2-1-3-5(6)7(9)10;;/h2*1-4,8H;;. The van der Waals surface area contributed by atoms with Gasteiger partial charge >= 0.3 is 5.69 Å². The molecule has 0 aromatic heterocycles. The molecule has 2 radical (unpaired) electrons. The molecular weight excluding hydrogens is 314 g/mol. The fourth-order valence-corrected chi connectivity index (χ4v) is 1.19. The van der Waals surface area contributed by atoms with Crippen molar-refractivity contribution in [1.82, 2.24) is 0 Å². The van der Waals surface area contributed by atoms with E-state index in [4.69, 9.17) is 10.2 Å². The molecule has 106 valence electrons. The Balaban J connectivity index is 0. The molecule has 10 heteroatoms. The van der Waals surface area contributed by atoms with Gasteiger partial charge in [0.2, 0.25) is 0 Å². The summed E-state index contributed by atoms with van der Waals surface area (Å²) in [6.45, 7) is 0. The first-order chi connectivity index (χ1) is 9.41. The average Bonchev–Trinajstić information content (AvgIpc) is 2.40. The molecule has 0 amide bonds. The normalized spacial score (nSPS) is 8.36. The van der Waals surface area contributed by atoms with Gasteiger partial charge in [0, 0.05) is 77.3 Å². The summed E-state index contributed by atoms with van der Waals surface area (Å²) < 4.78 is 0. The van der Waals surface area contributed by atoms with Crippen LogP contribution in [0.2, 0.25) is 0 Å². The van der Waals surface area contributed by atoms with Crippen molar-refractivity contribution in [2.24, 2.45) is 0 Å². The van der Waals surface area contributed by atoms with Gasteiger partial charge in [-0.3, -0.25) is 20.2 Å². The third-order valence-corrected chi connectivity index (χ3v) is 2.14. The quantitative estimate of drug-likeness (QED) is 0.493. The zero-order valence-corrected chi connectivity index (χ0v) is 16.0. The van der Waals surface area contributed by atoms with Crippen LogP contribution in [0.15, 0.2) is 48.5 Å². The summed E-state index contributed by atoms with van der Waals surface area (Å²) in [6, 6.07) is 10.6. The van der Waals surface area contributed by atoms with Crippen LogP contribution in [0.25, 0.3) is 0 Å². The molecule has 0 spiro atoms. The number of rotatable bonds is 2. The number of nitrogens with zero attached hydrogens (tertiary/aromatic N) is 2. The predicted octanol–water partition coefficient (Wildman–Crippen LogP) is 1.84. The molecule has 2 aromatic carbocycles. The molecule has 0 saturated carbocycles. The third kappa shape index (κ3) is 7.74. The van der Waals surface area contributed by atoms with Crippen LogP contribution < -0.4 is 0 Å². The Bertz CT molecular complexity index is 621. The third-order valence-electron chi connectivity index (χ3n) is 2.14. The van der Waals surface area contributed by atoms with Crippen LogP contribution >= 0.6 is 0 Å². The van der Waals surface area contributed by atoms with Crippen molar-refractivity contribution in [3.05, 3.63) is 68.8 Å². The molecule has 22 heavy (non-hydrogen) atoms. The van der Waals surface area contributed by atoms with Gasteiger partial charge in [-0.1, -0.05) is 12.1 Å². The van der Waals surface area contributed by atoms with Gasteiger partial charge in [-0.2, -0.15) is 0 Å². The molecule has 0 aliphatic heterocycles. The van der Waals surface area contributed by atoms with E-state index >= 15 is 0 Å². The Hall–Kier alpha value is -1.16. The number of aromatic hydroxyl groups is 2. The van der Waals surface area contributed by atoms with Crippen molar-refractivity contribution >= 4 is 70.5 Å². The zero-order valence-electron chi connectivity index (χ0n) is 12.0. The Kier molecular flexibility index (Phi) is 12.0. The summed E-state index contributed by atoms with van der Waals surface area (Å²) in [7, 11) is 0. The van der Waals surface area contributed by atoms with E-state index < -0.39 is 9.85 Å². The summed E-state index contributed by atoms with van der Waals surface area (Å²) in [5.41, 5.74) is -0.277. The fourth-order valence-electron chi connectivity index (χ4n) is 1.19. The van der Waals surface area contributed by atoms with E-state index in [0.29, 0.717) is 0 Å². The number of hydrogen-bond donors (Lipinski definition) is 2. The van der Waals surface area contributed by atoms with E-state index in [-0.39, 0.29) is 82.0 Å². The van der Waals surface area contributed by atoms with Crippen LogP contribution in [-0.4, -0.2) is 79.2 Å². The predicted molar refractivity (Wildman–Crippen MR) is 81.0 cm³/mol. The summed E-state index contributed by atoms with van der Waals surface area (Å²) in [6.07, 6.45) is 0. The first-order valence-corrected chi connectivity index (χ1v) is 5.27. The number of non-ortho nitro benzene ring substituents is 1. The SMILES string of the molecule is O=[N+]([O-])c1ccc(O)cc1.O=[N+]([O-])c1ccccc1O.[Na].[Na]. The number of hydrogen-bond acceptors (Lipinski definition) is 6. The van der Waals surface area contributed by atoms with Crippen molar-refractivity contribution in [3.8, 4) is 11.5 Å². The Labute approximate surface area is 169 Å². The monoisotopic (exact) mass is 324 g/mol. The maximum atomic E-state index is 10.1. The van der Waals surface area contributed by atoms with Gasteiger partial charge in [-0.25, -0.2) is 0 Å². The molecule has 0 atom stereocenters. The zero-order chi connectivity index (χ0) is 15.1. The molecule has 0 saturated heterocycles. The smallest absolute Gasteiger partial charge is 0.310 e. The molecule has 0 aliphatic rings. The number of benzene rings is 2. The minimum Gasteiger partial charge on any atom is -0.508 e. The first-order valence-electron chi connectivity index (χ1n) is 5.27. The van der Waals surface area contributed by atoms with Crippen molar-refractivity contribution in [2.45, 2.75) is 0 Å². The van der Waals surface area contributed by atoms with Gasteiger partial charge in [0.05, 0.1) is 9.85 Å². The van der Waals surface area contributed by atoms with Gasteiger partial charge in [0.25, 0.3) is 5.69 Å². The minimum atomic E-state index is -0.630. The number of nitro benzene ring substituents is 2. The summed E-state index contributed by atoms with van der Waals surface area (Å²) in [4.78, 5) is 19.0. The second-order valence-corrected chi connectivity index (χ2v) is 3.52. The Morgan fingerprint density at radius 1 is 0.773 bits per heavy atom. The summed E-state index contributed by atoms with van der Waals surface area (Å²) in [5, 5.41) is 37.7. The van der Waals surface area contributed by atoms with E-state index in [1.807, 2.05) is 0 Å². The molecule has 2 aromatic rings. The molecule has 0 heterocycles. The van der Waals surface area contributed by atoms with E-state index in [0.717, 1.165) is 0 Å². The van der Waals surface area contributed by atoms with Crippen molar-refractivity contribution in [2.75, 3.05) is 0 Å². The number of phenolic OH excluding ortho intramolecular Hbond substituents is 2. The molecule has 8 nitrogen and oxygen atoms in total. The Morgan fingerprint density at radius 3 is 1.64 bits per heavy atom. The van der Waals surface area contributed by atoms with E-state index in [1.165, 1.54) is 48.5 Å². The molecule has 0 bridgehead atoms. The van der Waals surface area contributed by atoms with Crippen LogP contribution in [0.4, 0.5) is 11.4 Å². The minimum absolute atomic E-state index is 0. The van der Waals surface area contributed by atoms with Crippen molar-refractivity contribution in [1.29, 1.82) is 0 Å². The molecule has 2 N–H and O–H groups in total. The van der Waals surface area contributed by atoms with Crippen LogP contribution in [-0.2, 0) is 0 Å². The Morgan fingerprint density at radius 2 is 1.27 bits per heavy atom. The van der Waals surface area contributed by atoms with E-state index in [1.54, 1.807) is 0 Å². The van der Waals surface area contributed by atoms with Crippen LogP contribution in [0.1, 0.15) is 0 Å². The molecule has 2 rings (SSSR count). The second kappa shape index (κ2) is 11.4. The average molecular weight is 324 g/mol. The number of nitro groups is 2. The molecule has 0 unspecified atom stereocenters. The largest absolute Gasteiger partial charge is 0.508 e. The van der Waals surface area contributed by atoms with Crippen molar-refractivity contribution < 1.29 is 20.1 Å². The second-order valence-electron chi connectivity index (χ2n) is 3.52. The van der Waals surface area contributed by atoms with Crippen LogP contribution in [0.5, 0.6) is 11.5 Å². The maximum absolute atomic E-state index is 10.1. The van der Waals surface area contributed by atoms with Gasteiger partial charge in [-0.15, -0.1) is 0 Å². The van der Waals surface area contributed by atoms with Crippen LogP contribution in [0.3, 0.4) is 0 Å². The number of phenols is 2. The summed E-state index contributed by atoms with van der Waals surface area (Å²) in [5.74, 6) is -0.266. The van der Waals surface area contributed by atoms with Gasteiger partial charge < -0.3 is 10.2 Å². The van der Waals surface area contributed by atoms with E-state index in [2.05, 4.69) is 0 Å². The van der Waals surface area contributed by atoms with E-state index in [9.17, 15) is 20.2 Å². The first kappa shape index (κ1) is 23.1. The molecule has 0 aliphatic carbocycles. The van der Waals surface area contributed by atoms with Gasteiger partial charge in [0.15, 0.2) is 5.75 Å². The van der Waals surface area contributed by atoms with Crippen LogP contribution in [0, 0.1) is 20.2 Å². The topological polar surface area (TPSA) is 127 Å². The molecule has 0 fully saturated rings. The van der Waals surface area contributed by atoms with Gasteiger partial charge in [-0.05, 0) is 18.2 Å². The molecular formula is C12H10N2Na2O6.